The molecule has 0 aliphatic carbocycles. The lowest BCUT2D eigenvalue weighted by atomic mass is 10.1. The molecule has 0 radical (unpaired) electrons. The van der Waals surface area contributed by atoms with Crippen molar-refractivity contribution >= 4 is 45.7 Å². The molecular formula is C19H42O7Si4. The summed E-state index contributed by atoms with van der Waals surface area (Å²) in [5.74, 6) is -1.79. The van der Waals surface area contributed by atoms with Crippen molar-refractivity contribution in [3.05, 3.63) is 12.2 Å². The number of rotatable bonds is 13. The van der Waals surface area contributed by atoms with E-state index in [1.54, 1.807) is 0 Å². The summed E-state index contributed by atoms with van der Waals surface area (Å²) in [4.78, 5) is 22.7. The molecule has 1 unspecified atom stereocenters. The van der Waals surface area contributed by atoms with E-state index in [1.807, 2.05) is 13.8 Å². The molecule has 176 valence electrons. The second kappa shape index (κ2) is 11.3. The van der Waals surface area contributed by atoms with Crippen LogP contribution in [-0.2, 0) is 26.7 Å². The number of carbonyl (C=O) groups excluding carboxylic acids is 1. The minimum absolute atomic E-state index is 0.0597. The Morgan fingerprint density at radius 1 is 0.800 bits per heavy atom. The number of ether oxygens (including phenoxy) is 1. The fourth-order valence-corrected chi connectivity index (χ4v) is 17.5. The highest BCUT2D eigenvalue weighted by atomic mass is 28.5. The van der Waals surface area contributed by atoms with Gasteiger partial charge in [-0.3, -0.25) is 0 Å². The highest BCUT2D eigenvalue weighted by molar-refractivity contribution is 6.90. The maximum atomic E-state index is 12.0. The Balaban J connectivity index is 5.75. The van der Waals surface area contributed by atoms with Gasteiger partial charge in [-0.1, -0.05) is 13.8 Å². The fraction of sp³-hybridized carbons (Fsp3) is 0.789. The maximum absolute atomic E-state index is 12.0. The lowest BCUT2D eigenvalue weighted by molar-refractivity contribution is -0.145. The van der Waals surface area contributed by atoms with Crippen LogP contribution in [0.3, 0.4) is 0 Å². The molecule has 1 N–H and O–H groups in total. The van der Waals surface area contributed by atoms with Gasteiger partial charge in [-0.25, -0.2) is 9.59 Å². The zero-order valence-corrected chi connectivity index (χ0v) is 24.6. The third kappa shape index (κ3) is 14.4. The molecule has 0 saturated heterocycles. The zero-order chi connectivity index (χ0) is 24.0. The number of esters is 1. The Morgan fingerprint density at radius 2 is 1.20 bits per heavy atom. The van der Waals surface area contributed by atoms with E-state index in [0.29, 0.717) is 12.5 Å². The van der Waals surface area contributed by atoms with Crippen molar-refractivity contribution in [3.63, 3.8) is 0 Å². The monoisotopic (exact) mass is 494 g/mol. The summed E-state index contributed by atoms with van der Waals surface area (Å²) in [6.07, 6.45) is 1.88. The molecule has 0 saturated carbocycles. The van der Waals surface area contributed by atoms with Gasteiger partial charge in [0, 0.05) is 18.2 Å². The molecule has 11 heteroatoms. The van der Waals surface area contributed by atoms with Crippen molar-refractivity contribution in [2.45, 2.75) is 91.3 Å². The molecule has 0 fully saturated rings. The van der Waals surface area contributed by atoms with Crippen LogP contribution < -0.4 is 0 Å². The summed E-state index contributed by atoms with van der Waals surface area (Å²) in [5, 5.41) is 8.71. The van der Waals surface area contributed by atoms with E-state index in [4.69, 9.17) is 22.2 Å². The molecule has 0 spiro atoms. The zero-order valence-electron chi connectivity index (χ0n) is 20.6. The van der Waals surface area contributed by atoms with Crippen molar-refractivity contribution in [1.29, 1.82) is 0 Å². The normalized spacial score (nSPS) is 14.9. The standard InChI is InChI=1S/C19H42O7Si4/c1-16(2)17(23-19(22)13-12-18(20)21)14-15-30(24-27(3,4)5,25-28(6,7)8)26-29(9,10)11/h12-13,16-17H,14-15H2,1-11H3,(H,20,21)/b13-12+. The van der Waals surface area contributed by atoms with Gasteiger partial charge >= 0.3 is 20.7 Å². The summed E-state index contributed by atoms with van der Waals surface area (Å²) in [7, 11) is -8.95. The Bertz CT molecular complexity index is 561. The molecule has 30 heavy (non-hydrogen) atoms. The lowest BCUT2D eigenvalue weighted by Crippen LogP contribution is -2.60. The molecule has 0 rings (SSSR count). The van der Waals surface area contributed by atoms with Gasteiger partial charge in [0.1, 0.15) is 6.10 Å². The number of carboxylic acid groups (broad SMARTS) is 1. The summed E-state index contributed by atoms with van der Waals surface area (Å²) in [6.45, 7) is 23.1. The third-order valence-corrected chi connectivity index (χ3v) is 15.5. The lowest BCUT2D eigenvalue weighted by Gasteiger charge is -2.43. The van der Waals surface area contributed by atoms with E-state index in [9.17, 15) is 9.59 Å². The average Bonchev–Trinajstić information content (AvgIpc) is 2.43. The number of hydrogen-bond acceptors (Lipinski definition) is 6. The van der Waals surface area contributed by atoms with Crippen molar-refractivity contribution in [3.8, 4) is 0 Å². The summed E-state index contributed by atoms with van der Waals surface area (Å²) < 4.78 is 25.5. The van der Waals surface area contributed by atoms with Gasteiger partial charge in [0.05, 0.1) is 0 Å². The predicted molar refractivity (Wildman–Crippen MR) is 130 cm³/mol. The van der Waals surface area contributed by atoms with Crippen LogP contribution in [0.2, 0.25) is 65.0 Å². The quantitative estimate of drug-likeness (QED) is 0.217. The van der Waals surface area contributed by atoms with Crippen LogP contribution in [0.25, 0.3) is 0 Å². The fourth-order valence-electron chi connectivity index (χ4n) is 2.79. The molecule has 0 bridgehead atoms. The molecule has 1 atom stereocenters. The Morgan fingerprint density at radius 3 is 1.50 bits per heavy atom. The third-order valence-electron chi connectivity index (χ3n) is 3.49. The number of carbonyl (C=O) groups is 2. The predicted octanol–water partition coefficient (Wildman–Crippen LogP) is 5.08. The first kappa shape index (κ1) is 29.4. The SMILES string of the molecule is CC(C)C(CC[Si](O[Si](C)(C)C)(O[Si](C)(C)C)O[Si](C)(C)C)OC(=O)/C=C/C(=O)O. The molecule has 0 aliphatic rings. The van der Waals surface area contributed by atoms with Crippen LogP contribution in [0, 0.1) is 5.92 Å². The molecule has 0 aromatic heterocycles. The van der Waals surface area contributed by atoms with Crippen molar-refractivity contribution in [2.75, 3.05) is 0 Å². The van der Waals surface area contributed by atoms with Crippen molar-refractivity contribution in [1.82, 2.24) is 0 Å². The number of aliphatic carboxylic acids is 1. The molecule has 0 heterocycles. The molecule has 0 aromatic carbocycles. The molecule has 0 amide bonds. The van der Waals surface area contributed by atoms with E-state index in [1.165, 1.54) is 0 Å². The molecule has 7 nitrogen and oxygen atoms in total. The van der Waals surface area contributed by atoms with E-state index in [2.05, 4.69) is 58.9 Å². The Hall–Kier alpha value is -0.572. The Kier molecular flexibility index (Phi) is 11.1. The van der Waals surface area contributed by atoms with Gasteiger partial charge in [0.2, 0.25) is 0 Å². The van der Waals surface area contributed by atoms with Gasteiger partial charge in [0.25, 0.3) is 0 Å². The van der Waals surface area contributed by atoms with E-state index in [0.717, 1.165) is 12.2 Å². The number of carboxylic acids is 1. The van der Waals surface area contributed by atoms with Gasteiger partial charge in [0.15, 0.2) is 25.0 Å². The minimum Gasteiger partial charge on any atom is -0.478 e. The van der Waals surface area contributed by atoms with Gasteiger partial charge in [-0.05, 0) is 71.3 Å². The van der Waals surface area contributed by atoms with Gasteiger partial charge < -0.3 is 22.2 Å². The van der Waals surface area contributed by atoms with Gasteiger partial charge in [-0.15, -0.1) is 0 Å². The van der Waals surface area contributed by atoms with Crippen molar-refractivity contribution in [2.24, 2.45) is 5.92 Å². The average molecular weight is 495 g/mol. The van der Waals surface area contributed by atoms with Gasteiger partial charge in [-0.2, -0.15) is 0 Å². The number of hydrogen-bond donors (Lipinski definition) is 1. The molecular weight excluding hydrogens is 453 g/mol. The second-order valence-electron chi connectivity index (χ2n) is 10.8. The molecule has 0 aromatic rings. The van der Waals surface area contributed by atoms with Crippen LogP contribution in [0.4, 0.5) is 0 Å². The first-order valence-electron chi connectivity index (χ1n) is 10.5. The summed E-state index contributed by atoms with van der Waals surface area (Å²) >= 11 is 0. The van der Waals surface area contributed by atoms with Crippen LogP contribution in [0.1, 0.15) is 20.3 Å². The Labute approximate surface area is 186 Å². The maximum Gasteiger partial charge on any atom is 0.469 e. The highest BCUT2D eigenvalue weighted by Gasteiger charge is 2.50. The largest absolute Gasteiger partial charge is 0.478 e. The van der Waals surface area contributed by atoms with Crippen LogP contribution in [-0.4, -0.2) is 56.9 Å². The first-order valence-corrected chi connectivity index (χ1v) is 22.6. The smallest absolute Gasteiger partial charge is 0.469 e. The topological polar surface area (TPSA) is 91.3 Å². The van der Waals surface area contributed by atoms with E-state index in [-0.39, 0.29) is 12.0 Å². The van der Waals surface area contributed by atoms with Crippen molar-refractivity contribution < 1.29 is 31.8 Å². The minimum atomic E-state index is -3.02. The second-order valence-corrected chi connectivity index (χ2v) is 27.7. The molecule has 0 aliphatic heterocycles. The van der Waals surface area contributed by atoms with Crippen LogP contribution in [0.15, 0.2) is 12.2 Å². The summed E-state index contributed by atoms with van der Waals surface area (Å²) in [5.41, 5.74) is 0. The summed E-state index contributed by atoms with van der Waals surface area (Å²) in [6, 6.07) is 0.560. The first-order chi connectivity index (χ1) is 13.2. The highest BCUT2D eigenvalue weighted by Crippen LogP contribution is 2.31. The van der Waals surface area contributed by atoms with Crippen LogP contribution in [0.5, 0.6) is 0 Å². The van der Waals surface area contributed by atoms with E-state index < -0.39 is 45.7 Å². The van der Waals surface area contributed by atoms with E-state index >= 15 is 0 Å². The van der Waals surface area contributed by atoms with Crippen LogP contribution >= 0.6 is 0 Å².